The first kappa shape index (κ1) is 18.5. The normalized spacial score (nSPS) is 13.6. The molecule has 1 rings (SSSR count). The summed E-state index contributed by atoms with van der Waals surface area (Å²) in [5.74, 6) is 0.682. The van der Waals surface area contributed by atoms with E-state index in [1.807, 2.05) is 0 Å². The number of hydrogen-bond donors (Lipinski definition) is 1. The van der Waals surface area contributed by atoms with Gasteiger partial charge in [0.2, 0.25) is 0 Å². The Morgan fingerprint density at radius 1 is 1.27 bits per heavy atom. The Hall–Kier alpha value is -1.57. The first-order chi connectivity index (χ1) is 10.6. The van der Waals surface area contributed by atoms with Crippen LogP contribution in [0.25, 0.3) is 0 Å². The van der Waals surface area contributed by atoms with Gasteiger partial charge in [0, 0.05) is 12.6 Å². The van der Waals surface area contributed by atoms with E-state index in [0.717, 1.165) is 25.8 Å². The van der Waals surface area contributed by atoms with Crippen LogP contribution in [0.15, 0.2) is 24.3 Å². The van der Waals surface area contributed by atoms with Crippen molar-refractivity contribution in [1.82, 2.24) is 4.90 Å². The van der Waals surface area contributed by atoms with Crippen LogP contribution >= 0.6 is 0 Å². The number of nitrogens with zero attached hydrogens (tertiary/aromatic N) is 2. The summed E-state index contributed by atoms with van der Waals surface area (Å²) in [6.45, 7) is 8.46. The zero-order chi connectivity index (χ0) is 16.4. The summed E-state index contributed by atoms with van der Waals surface area (Å²) < 4.78 is 5.60. The molecule has 0 amide bonds. The number of ether oxygens (including phenoxy) is 1. The van der Waals surface area contributed by atoms with E-state index in [4.69, 9.17) is 10.00 Å². The van der Waals surface area contributed by atoms with Gasteiger partial charge in [-0.25, -0.2) is 0 Å². The summed E-state index contributed by atoms with van der Waals surface area (Å²) in [5.41, 5.74) is 0.607. The minimum atomic E-state index is -0.513. The number of nitriles is 1. The fourth-order valence-corrected chi connectivity index (χ4v) is 2.25. The molecule has 0 aromatic heterocycles. The minimum Gasteiger partial charge on any atom is -0.491 e. The Bertz CT molecular complexity index is 453. The topological polar surface area (TPSA) is 56.5 Å². The van der Waals surface area contributed by atoms with Crippen LogP contribution in [-0.2, 0) is 0 Å². The Labute approximate surface area is 134 Å². The van der Waals surface area contributed by atoms with E-state index in [1.54, 1.807) is 24.3 Å². The van der Waals surface area contributed by atoms with E-state index in [1.165, 1.54) is 0 Å². The van der Waals surface area contributed by atoms with Crippen molar-refractivity contribution in [3.8, 4) is 11.8 Å². The third-order valence-corrected chi connectivity index (χ3v) is 3.88. The molecule has 0 saturated carbocycles. The molecule has 0 fully saturated rings. The first-order valence-corrected chi connectivity index (χ1v) is 8.15. The van der Waals surface area contributed by atoms with Crippen LogP contribution in [0.5, 0.6) is 5.75 Å². The zero-order valence-electron chi connectivity index (χ0n) is 14.0. The highest BCUT2D eigenvalue weighted by Gasteiger charge is 2.16. The molecular weight excluding hydrogens is 276 g/mol. The van der Waals surface area contributed by atoms with E-state index in [2.05, 4.69) is 31.7 Å². The van der Waals surface area contributed by atoms with Crippen LogP contribution in [0.2, 0.25) is 0 Å². The van der Waals surface area contributed by atoms with Crippen LogP contribution in [-0.4, -0.2) is 41.8 Å². The molecule has 1 N–H and O–H groups in total. The predicted octanol–water partition coefficient (Wildman–Crippen LogP) is 3.20. The molecule has 0 radical (unpaired) electrons. The van der Waals surface area contributed by atoms with Crippen molar-refractivity contribution in [2.45, 2.75) is 52.2 Å². The fourth-order valence-electron chi connectivity index (χ4n) is 2.25. The highest BCUT2D eigenvalue weighted by atomic mass is 16.5. The third-order valence-electron chi connectivity index (χ3n) is 3.88. The Kier molecular flexibility index (Phi) is 8.57. The third kappa shape index (κ3) is 6.46. The average Bonchev–Trinajstić information content (AvgIpc) is 2.56. The van der Waals surface area contributed by atoms with Crippen LogP contribution < -0.4 is 4.74 Å². The fraction of sp³-hybridized carbons (Fsp3) is 0.611. The summed E-state index contributed by atoms with van der Waals surface area (Å²) in [5, 5.41) is 19.0. The Balaban J connectivity index is 2.44. The minimum absolute atomic E-state index is 0.269. The largest absolute Gasteiger partial charge is 0.491 e. The van der Waals surface area contributed by atoms with Gasteiger partial charge in [-0.15, -0.1) is 0 Å². The molecule has 0 bridgehead atoms. The lowest BCUT2D eigenvalue weighted by atomic mass is 10.1. The molecule has 0 aliphatic heterocycles. The van der Waals surface area contributed by atoms with Crippen LogP contribution in [0.3, 0.4) is 0 Å². The number of rotatable bonds is 10. The maximum atomic E-state index is 10.2. The summed E-state index contributed by atoms with van der Waals surface area (Å²) in [4.78, 5) is 2.33. The quantitative estimate of drug-likeness (QED) is 0.721. The molecule has 0 heterocycles. The number of hydrogen-bond acceptors (Lipinski definition) is 4. The van der Waals surface area contributed by atoms with Crippen molar-refractivity contribution in [1.29, 1.82) is 5.26 Å². The van der Waals surface area contributed by atoms with Crippen molar-refractivity contribution in [3.63, 3.8) is 0 Å². The van der Waals surface area contributed by atoms with Crippen molar-refractivity contribution in [2.24, 2.45) is 0 Å². The van der Waals surface area contributed by atoms with Crippen molar-refractivity contribution < 1.29 is 9.84 Å². The summed E-state index contributed by atoms with van der Waals surface area (Å²) >= 11 is 0. The van der Waals surface area contributed by atoms with Gasteiger partial charge in [-0.3, -0.25) is 4.90 Å². The van der Waals surface area contributed by atoms with Crippen LogP contribution in [0.1, 0.15) is 45.6 Å². The smallest absolute Gasteiger partial charge is 0.119 e. The van der Waals surface area contributed by atoms with Crippen LogP contribution in [0.4, 0.5) is 0 Å². The van der Waals surface area contributed by atoms with Crippen molar-refractivity contribution in [3.05, 3.63) is 29.8 Å². The molecule has 0 saturated heterocycles. The van der Waals surface area contributed by atoms with Crippen molar-refractivity contribution >= 4 is 0 Å². The molecule has 22 heavy (non-hydrogen) atoms. The monoisotopic (exact) mass is 304 g/mol. The standard InChI is InChI=1S/C18H28N2O2/c1-4-6-11-20(15(3)5-2)13-17(21)14-22-18-9-7-16(12-19)8-10-18/h7-10,15,17,21H,4-6,11,13-14H2,1-3H3. The number of unbranched alkanes of at least 4 members (excludes halogenated alkanes) is 1. The summed E-state index contributed by atoms with van der Waals surface area (Å²) in [6, 6.07) is 9.49. The summed E-state index contributed by atoms with van der Waals surface area (Å²) in [6.07, 6.45) is 2.87. The second-order valence-electron chi connectivity index (χ2n) is 5.71. The SMILES string of the molecule is CCCCN(CC(O)COc1ccc(C#N)cc1)C(C)CC. The molecule has 4 nitrogen and oxygen atoms in total. The van der Waals surface area contributed by atoms with E-state index in [0.29, 0.717) is 23.9 Å². The van der Waals surface area contributed by atoms with Crippen molar-refractivity contribution in [2.75, 3.05) is 19.7 Å². The predicted molar refractivity (Wildman–Crippen MR) is 88.9 cm³/mol. The van der Waals surface area contributed by atoms with Gasteiger partial charge in [0.05, 0.1) is 11.6 Å². The lowest BCUT2D eigenvalue weighted by Gasteiger charge is -2.30. The van der Waals surface area contributed by atoms with Gasteiger partial charge < -0.3 is 9.84 Å². The molecular formula is C18H28N2O2. The first-order valence-electron chi connectivity index (χ1n) is 8.15. The highest BCUT2D eigenvalue weighted by Crippen LogP contribution is 2.13. The zero-order valence-corrected chi connectivity index (χ0v) is 14.0. The maximum absolute atomic E-state index is 10.2. The van der Waals surface area contributed by atoms with Gasteiger partial charge in [0.1, 0.15) is 18.5 Å². The molecule has 2 atom stereocenters. The molecule has 4 heteroatoms. The second kappa shape index (κ2) is 10.2. The van der Waals surface area contributed by atoms with E-state index in [-0.39, 0.29) is 6.61 Å². The molecule has 2 unspecified atom stereocenters. The van der Waals surface area contributed by atoms with Gasteiger partial charge in [-0.05, 0) is 50.6 Å². The van der Waals surface area contributed by atoms with Gasteiger partial charge in [0.25, 0.3) is 0 Å². The number of aliphatic hydroxyl groups is 1. The van der Waals surface area contributed by atoms with Gasteiger partial charge in [0.15, 0.2) is 0 Å². The number of aliphatic hydroxyl groups excluding tert-OH is 1. The lowest BCUT2D eigenvalue weighted by molar-refractivity contribution is 0.0534. The lowest BCUT2D eigenvalue weighted by Crippen LogP contribution is -2.41. The number of benzene rings is 1. The van der Waals surface area contributed by atoms with Gasteiger partial charge >= 0.3 is 0 Å². The Morgan fingerprint density at radius 2 is 1.95 bits per heavy atom. The maximum Gasteiger partial charge on any atom is 0.119 e. The van der Waals surface area contributed by atoms with Gasteiger partial charge in [-0.1, -0.05) is 20.3 Å². The highest BCUT2D eigenvalue weighted by molar-refractivity contribution is 5.34. The molecule has 1 aromatic carbocycles. The average molecular weight is 304 g/mol. The van der Waals surface area contributed by atoms with Crippen LogP contribution in [0, 0.1) is 11.3 Å². The molecule has 0 spiro atoms. The molecule has 122 valence electrons. The van der Waals surface area contributed by atoms with E-state index >= 15 is 0 Å². The Morgan fingerprint density at radius 3 is 2.50 bits per heavy atom. The van der Waals surface area contributed by atoms with Gasteiger partial charge in [-0.2, -0.15) is 5.26 Å². The van der Waals surface area contributed by atoms with E-state index in [9.17, 15) is 5.11 Å². The molecule has 1 aromatic rings. The molecule has 0 aliphatic rings. The summed E-state index contributed by atoms with van der Waals surface area (Å²) in [7, 11) is 0. The second-order valence-corrected chi connectivity index (χ2v) is 5.71. The van der Waals surface area contributed by atoms with E-state index < -0.39 is 6.10 Å². The molecule has 0 aliphatic carbocycles.